The second-order valence-electron chi connectivity index (χ2n) is 6.71. The number of hydrogen-bond acceptors (Lipinski definition) is 4. The van der Waals surface area contributed by atoms with Crippen LogP contribution < -0.4 is 0 Å². The Bertz CT molecular complexity index is 1140. The van der Waals surface area contributed by atoms with Crippen LogP contribution in [0.25, 0.3) is 22.2 Å². The molecule has 26 heavy (non-hydrogen) atoms. The quantitative estimate of drug-likeness (QED) is 0.663. The molecule has 1 unspecified atom stereocenters. The second-order valence-corrected chi connectivity index (χ2v) is 9.30. The Morgan fingerprint density at radius 2 is 2.08 bits per heavy atom. The molecular formula is C18H17ClFN3O2S. The molecule has 3 aromatic rings. The van der Waals surface area contributed by atoms with Gasteiger partial charge in [0.1, 0.15) is 16.5 Å². The van der Waals surface area contributed by atoms with Crippen LogP contribution >= 0.6 is 11.6 Å². The zero-order chi connectivity index (χ0) is 18.6. The first kappa shape index (κ1) is 17.4. The van der Waals surface area contributed by atoms with Gasteiger partial charge < -0.3 is 0 Å². The number of sulfone groups is 1. The molecule has 4 rings (SSSR count). The number of halogens is 2. The number of aromatic nitrogens is 3. The standard InChI is InChI=1S/C18H17ClFN3O2S/c1-10-8-15(21-17-13(10)4-3-5-14(17)20)16-11(2)22-23(18(16)19)12-6-7-26(24,25)9-12/h3-5,8,12H,6-7,9H2,1-2H3. The zero-order valence-electron chi connectivity index (χ0n) is 14.3. The van der Waals surface area contributed by atoms with Crippen molar-refractivity contribution in [3.63, 3.8) is 0 Å². The normalized spacial score (nSPS) is 19.3. The van der Waals surface area contributed by atoms with Crippen LogP contribution in [0, 0.1) is 19.7 Å². The Morgan fingerprint density at radius 3 is 2.77 bits per heavy atom. The molecular weight excluding hydrogens is 377 g/mol. The van der Waals surface area contributed by atoms with Gasteiger partial charge in [0.25, 0.3) is 0 Å². The molecule has 2 aromatic heterocycles. The third-order valence-corrected chi connectivity index (χ3v) is 6.95. The van der Waals surface area contributed by atoms with Gasteiger partial charge in [0.05, 0.1) is 34.5 Å². The first-order valence-corrected chi connectivity index (χ1v) is 10.5. The molecule has 0 spiro atoms. The zero-order valence-corrected chi connectivity index (χ0v) is 15.9. The monoisotopic (exact) mass is 393 g/mol. The van der Waals surface area contributed by atoms with Crippen molar-refractivity contribution in [3.8, 4) is 11.3 Å². The van der Waals surface area contributed by atoms with E-state index in [2.05, 4.69) is 10.1 Å². The summed E-state index contributed by atoms with van der Waals surface area (Å²) in [6, 6.07) is 6.43. The summed E-state index contributed by atoms with van der Waals surface area (Å²) in [5, 5.41) is 5.54. The lowest BCUT2D eigenvalue weighted by molar-refractivity contribution is 0.498. The van der Waals surface area contributed by atoms with E-state index in [0.717, 1.165) is 10.9 Å². The van der Waals surface area contributed by atoms with E-state index < -0.39 is 15.7 Å². The topological polar surface area (TPSA) is 64.8 Å². The molecule has 0 N–H and O–H groups in total. The van der Waals surface area contributed by atoms with Crippen LogP contribution in [0.2, 0.25) is 5.15 Å². The molecule has 0 aliphatic carbocycles. The van der Waals surface area contributed by atoms with Crippen LogP contribution in [0.4, 0.5) is 4.39 Å². The van der Waals surface area contributed by atoms with Crippen LogP contribution in [0.3, 0.4) is 0 Å². The van der Waals surface area contributed by atoms with Crippen molar-refractivity contribution in [2.24, 2.45) is 0 Å². The Balaban J connectivity index is 1.87. The molecule has 0 saturated carbocycles. The van der Waals surface area contributed by atoms with E-state index >= 15 is 0 Å². The van der Waals surface area contributed by atoms with Crippen molar-refractivity contribution >= 4 is 32.3 Å². The Morgan fingerprint density at radius 1 is 1.31 bits per heavy atom. The number of aryl methyl sites for hydroxylation is 2. The number of pyridine rings is 1. The molecule has 0 radical (unpaired) electrons. The molecule has 1 aromatic carbocycles. The van der Waals surface area contributed by atoms with Crippen molar-refractivity contribution in [2.45, 2.75) is 26.3 Å². The van der Waals surface area contributed by atoms with E-state index in [4.69, 9.17) is 11.6 Å². The van der Waals surface area contributed by atoms with Gasteiger partial charge >= 0.3 is 0 Å². The summed E-state index contributed by atoms with van der Waals surface area (Å²) < 4.78 is 39.3. The smallest absolute Gasteiger partial charge is 0.152 e. The van der Waals surface area contributed by atoms with Gasteiger partial charge in [-0.25, -0.2) is 22.5 Å². The largest absolute Gasteiger partial charge is 0.249 e. The number of nitrogens with zero attached hydrogens (tertiary/aromatic N) is 3. The lowest BCUT2D eigenvalue weighted by atomic mass is 10.1. The highest BCUT2D eigenvalue weighted by molar-refractivity contribution is 7.91. The van der Waals surface area contributed by atoms with Gasteiger partial charge in [0, 0.05) is 5.39 Å². The lowest BCUT2D eigenvalue weighted by Crippen LogP contribution is -2.12. The molecule has 3 heterocycles. The summed E-state index contributed by atoms with van der Waals surface area (Å²) in [5.41, 5.74) is 2.96. The molecule has 0 bridgehead atoms. The van der Waals surface area contributed by atoms with E-state index in [0.29, 0.717) is 28.5 Å². The summed E-state index contributed by atoms with van der Waals surface area (Å²) in [6.07, 6.45) is 0.488. The number of para-hydroxylation sites is 1. The summed E-state index contributed by atoms with van der Waals surface area (Å²) in [5.74, 6) is -0.220. The highest BCUT2D eigenvalue weighted by atomic mass is 35.5. The number of rotatable bonds is 2. The third-order valence-electron chi connectivity index (χ3n) is 4.83. The fourth-order valence-electron chi connectivity index (χ4n) is 3.53. The molecule has 0 amide bonds. The maximum absolute atomic E-state index is 14.2. The fourth-order valence-corrected chi connectivity index (χ4v) is 5.63. The fraction of sp³-hybridized carbons (Fsp3) is 0.333. The molecule has 136 valence electrons. The van der Waals surface area contributed by atoms with Crippen molar-refractivity contribution in [3.05, 3.63) is 46.5 Å². The maximum atomic E-state index is 14.2. The molecule has 1 saturated heterocycles. The van der Waals surface area contributed by atoms with Gasteiger partial charge in [-0.2, -0.15) is 5.10 Å². The molecule has 1 aliphatic rings. The van der Waals surface area contributed by atoms with Gasteiger partial charge in [-0.1, -0.05) is 23.7 Å². The minimum atomic E-state index is -3.05. The molecule has 8 heteroatoms. The Kier molecular flexibility index (Phi) is 4.04. The number of hydrogen-bond donors (Lipinski definition) is 0. The highest BCUT2D eigenvalue weighted by Crippen LogP contribution is 2.36. The van der Waals surface area contributed by atoms with Crippen LogP contribution in [0.1, 0.15) is 23.7 Å². The van der Waals surface area contributed by atoms with E-state index in [1.54, 1.807) is 17.7 Å². The van der Waals surface area contributed by atoms with Crippen molar-refractivity contribution in [1.29, 1.82) is 0 Å². The minimum absolute atomic E-state index is 0.0338. The highest BCUT2D eigenvalue weighted by Gasteiger charge is 2.32. The molecule has 1 fully saturated rings. The first-order chi connectivity index (χ1) is 12.3. The molecule has 1 atom stereocenters. The summed E-state index contributed by atoms with van der Waals surface area (Å²) in [7, 11) is -3.05. The third kappa shape index (κ3) is 2.79. The van der Waals surface area contributed by atoms with E-state index in [1.807, 2.05) is 19.1 Å². The van der Waals surface area contributed by atoms with E-state index in [-0.39, 0.29) is 23.1 Å². The van der Waals surface area contributed by atoms with Crippen molar-refractivity contribution in [2.75, 3.05) is 11.5 Å². The van der Waals surface area contributed by atoms with Crippen LogP contribution in [-0.4, -0.2) is 34.7 Å². The summed E-state index contributed by atoms with van der Waals surface area (Å²) >= 11 is 6.55. The average Bonchev–Trinajstić information content (AvgIpc) is 3.07. The minimum Gasteiger partial charge on any atom is -0.249 e. The first-order valence-electron chi connectivity index (χ1n) is 8.28. The predicted octanol–water partition coefficient (Wildman–Crippen LogP) is 3.87. The van der Waals surface area contributed by atoms with Crippen LogP contribution in [0.15, 0.2) is 24.3 Å². The Hall–Kier alpha value is -1.99. The van der Waals surface area contributed by atoms with Gasteiger partial charge in [-0.3, -0.25) is 0 Å². The second kappa shape index (κ2) is 6.03. The van der Waals surface area contributed by atoms with Crippen molar-refractivity contribution in [1.82, 2.24) is 14.8 Å². The molecule has 1 aliphatic heterocycles. The molecule has 5 nitrogen and oxygen atoms in total. The van der Waals surface area contributed by atoms with E-state index in [9.17, 15) is 12.8 Å². The summed E-state index contributed by atoms with van der Waals surface area (Å²) in [4.78, 5) is 4.47. The van der Waals surface area contributed by atoms with Crippen molar-refractivity contribution < 1.29 is 12.8 Å². The summed E-state index contributed by atoms with van der Waals surface area (Å²) in [6.45, 7) is 3.69. The van der Waals surface area contributed by atoms with Crippen LogP contribution in [0.5, 0.6) is 0 Å². The van der Waals surface area contributed by atoms with Gasteiger partial charge in [0.15, 0.2) is 9.84 Å². The Labute approximate surface area is 155 Å². The van der Waals surface area contributed by atoms with Gasteiger partial charge in [-0.05, 0) is 38.0 Å². The van der Waals surface area contributed by atoms with E-state index in [1.165, 1.54) is 6.07 Å². The van der Waals surface area contributed by atoms with Gasteiger partial charge in [0.2, 0.25) is 0 Å². The number of benzene rings is 1. The van der Waals surface area contributed by atoms with Crippen LogP contribution in [-0.2, 0) is 9.84 Å². The maximum Gasteiger partial charge on any atom is 0.152 e. The number of fused-ring (bicyclic) bond motifs is 1. The lowest BCUT2D eigenvalue weighted by Gasteiger charge is -2.10. The van der Waals surface area contributed by atoms with Gasteiger partial charge in [-0.15, -0.1) is 0 Å². The predicted molar refractivity (Wildman–Crippen MR) is 99.7 cm³/mol. The average molecular weight is 394 g/mol. The SMILES string of the molecule is Cc1nn(C2CCS(=O)(=O)C2)c(Cl)c1-c1cc(C)c2cccc(F)c2n1.